The van der Waals surface area contributed by atoms with E-state index in [4.69, 9.17) is 10.5 Å². The van der Waals surface area contributed by atoms with Crippen LogP contribution in [0.3, 0.4) is 0 Å². The Hall–Kier alpha value is -3.60. The molecule has 3 aromatic rings. The summed E-state index contributed by atoms with van der Waals surface area (Å²) in [7, 11) is 0. The highest BCUT2D eigenvalue weighted by atomic mass is 79.9. The summed E-state index contributed by atoms with van der Waals surface area (Å²) < 4.78 is 7.24. The van der Waals surface area contributed by atoms with Crippen LogP contribution in [0.4, 0.5) is 5.69 Å². The van der Waals surface area contributed by atoms with Crippen molar-refractivity contribution in [3.8, 4) is 5.75 Å². The summed E-state index contributed by atoms with van der Waals surface area (Å²) in [5, 5.41) is 15.8. The summed E-state index contributed by atoms with van der Waals surface area (Å²) in [6.45, 7) is 1.61. The minimum atomic E-state index is -0.700. The number of primary amides is 1. The third kappa shape index (κ3) is 5.35. The minimum Gasteiger partial charge on any atom is -0.483 e. The van der Waals surface area contributed by atoms with Crippen LogP contribution in [0, 0.1) is 10.1 Å². The first-order valence-corrected chi connectivity index (χ1v) is 10.5. The van der Waals surface area contributed by atoms with Gasteiger partial charge in [0.15, 0.2) is 6.61 Å². The molecule has 0 atom stereocenters. The summed E-state index contributed by atoms with van der Waals surface area (Å²) in [6, 6.07) is 9.04. The number of ether oxygens (including phenoxy) is 1. The molecule has 1 amide bonds. The SMILES string of the molecule is CCCCc1nc2ccc(Br)cc2c(=O)n1N=Cc1cc([N+](=O)[O-])ccc1OCC(N)=O. The van der Waals surface area contributed by atoms with Gasteiger partial charge >= 0.3 is 0 Å². The van der Waals surface area contributed by atoms with Crippen molar-refractivity contribution in [1.82, 2.24) is 9.66 Å². The second-order valence-electron chi connectivity index (χ2n) is 6.89. The van der Waals surface area contributed by atoms with Gasteiger partial charge in [0.05, 0.1) is 22.0 Å². The maximum Gasteiger partial charge on any atom is 0.282 e. The van der Waals surface area contributed by atoms with Crippen LogP contribution >= 0.6 is 15.9 Å². The molecule has 0 aliphatic carbocycles. The van der Waals surface area contributed by atoms with E-state index in [1.807, 2.05) is 6.92 Å². The summed E-state index contributed by atoms with van der Waals surface area (Å²) in [5.41, 5.74) is 5.32. The summed E-state index contributed by atoms with van der Waals surface area (Å²) in [5.74, 6) is -0.0700. The van der Waals surface area contributed by atoms with Crippen molar-refractivity contribution < 1.29 is 14.5 Å². The maximum atomic E-state index is 13.1. The molecule has 0 fully saturated rings. The monoisotopic (exact) mass is 501 g/mol. The first-order chi connectivity index (χ1) is 15.3. The molecular weight excluding hydrogens is 482 g/mol. The number of nitrogens with two attached hydrogens (primary N) is 1. The van der Waals surface area contributed by atoms with E-state index in [2.05, 4.69) is 26.0 Å². The van der Waals surface area contributed by atoms with Crippen molar-refractivity contribution in [1.29, 1.82) is 0 Å². The van der Waals surface area contributed by atoms with Crippen molar-refractivity contribution >= 4 is 44.6 Å². The molecule has 0 aliphatic rings. The third-order valence-corrected chi connectivity index (χ3v) is 5.01. The van der Waals surface area contributed by atoms with Gasteiger partial charge in [-0.05, 0) is 30.7 Å². The predicted molar refractivity (Wildman–Crippen MR) is 123 cm³/mol. The van der Waals surface area contributed by atoms with E-state index in [0.717, 1.165) is 17.3 Å². The van der Waals surface area contributed by atoms with Gasteiger partial charge in [-0.1, -0.05) is 29.3 Å². The molecule has 0 saturated carbocycles. The third-order valence-electron chi connectivity index (χ3n) is 4.52. The van der Waals surface area contributed by atoms with E-state index in [1.54, 1.807) is 18.2 Å². The van der Waals surface area contributed by atoms with Crippen LogP contribution in [0.5, 0.6) is 5.75 Å². The van der Waals surface area contributed by atoms with Gasteiger partial charge in [-0.2, -0.15) is 9.78 Å². The Balaban J connectivity index is 2.13. The Morgan fingerprint density at radius 2 is 2.12 bits per heavy atom. The zero-order chi connectivity index (χ0) is 23.3. The topological polar surface area (TPSA) is 143 Å². The van der Waals surface area contributed by atoms with Crippen LogP contribution in [0.25, 0.3) is 10.9 Å². The molecule has 0 saturated heterocycles. The van der Waals surface area contributed by atoms with E-state index in [-0.39, 0.29) is 22.6 Å². The lowest BCUT2D eigenvalue weighted by Gasteiger charge is -2.10. The van der Waals surface area contributed by atoms with Gasteiger partial charge in [-0.3, -0.25) is 19.7 Å². The number of nitrogens with zero attached hydrogens (tertiary/aromatic N) is 4. The van der Waals surface area contributed by atoms with Crippen LogP contribution in [-0.4, -0.2) is 33.3 Å². The normalized spacial score (nSPS) is 11.2. The Kier molecular flexibility index (Phi) is 7.31. The number of halogens is 1. The van der Waals surface area contributed by atoms with E-state index < -0.39 is 17.4 Å². The molecule has 0 unspecified atom stereocenters. The molecule has 11 heteroatoms. The molecule has 2 aromatic carbocycles. The van der Waals surface area contributed by atoms with Crippen LogP contribution in [0.1, 0.15) is 31.2 Å². The Morgan fingerprint density at radius 1 is 1.34 bits per heavy atom. The Morgan fingerprint density at radius 3 is 2.81 bits per heavy atom. The quantitative estimate of drug-likeness (QED) is 0.271. The van der Waals surface area contributed by atoms with Gasteiger partial charge in [0.2, 0.25) is 0 Å². The largest absolute Gasteiger partial charge is 0.483 e. The summed E-state index contributed by atoms with van der Waals surface area (Å²) in [6.07, 6.45) is 3.49. The van der Waals surface area contributed by atoms with E-state index in [0.29, 0.717) is 23.1 Å². The lowest BCUT2D eigenvalue weighted by molar-refractivity contribution is -0.384. The molecular formula is C21H20BrN5O5. The van der Waals surface area contributed by atoms with Crippen molar-refractivity contribution in [2.24, 2.45) is 10.8 Å². The molecule has 0 aliphatic heterocycles. The van der Waals surface area contributed by atoms with Crippen LogP contribution < -0.4 is 16.0 Å². The molecule has 0 radical (unpaired) electrons. The first-order valence-electron chi connectivity index (χ1n) is 9.75. The number of fused-ring (bicyclic) bond motifs is 1. The second-order valence-corrected chi connectivity index (χ2v) is 7.80. The van der Waals surface area contributed by atoms with Gasteiger partial charge in [0.1, 0.15) is 11.6 Å². The lowest BCUT2D eigenvalue weighted by Crippen LogP contribution is -2.23. The van der Waals surface area contributed by atoms with Gasteiger partial charge < -0.3 is 10.5 Å². The number of rotatable bonds is 9. The highest BCUT2D eigenvalue weighted by molar-refractivity contribution is 9.10. The average molecular weight is 502 g/mol. The van der Waals surface area contributed by atoms with Crippen molar-refractivity contribution in [2.45, 2.75) is 26.2 Å². The number of amides is 1. The number of benzene rings is 2. The van der Waals surface area contributed by atoms with Crippen LogP contribution in [0.15, 0.2) is 50.8 Å². The standard InChI is InChI=1S/C21H20BrN5O5/c1-2-3-4-20-25-17-7-5-14(22)10-16(17)21(29)26(20)24-11-13-9-15(27(30)31)6-8-18(13)32-12-19(23)28/h5-11H,2-4,12H2,1H3,(H2,23,28). The molecule has 32 heavy (non-hydrogen) atoms. The number of unbranched alkanes of at least 4 members (excludes halogenated alkanes) is 1. The number of aromatic nitrogens is 2. The van der Waals surface area contributed by atoms with Crippen molar-refractivity contribution in [2.75, 3.05) is 6.61 Å². The summed E-state index contributed by atoms with van der Waals surface area (Å²) >= 11 is 3.35. The molecule has 0 spiro atoms. The fourth-order valence-electron chi connectivity index (χ4n) is 2.96. The number of aryl methyl sites for hydroxylation is 1. The predicted octanol–water partition coefficient (Wildman–Crippen LogP) is 3.16. The van der Waals surface area contributed by atoms with Crippen LogP contribution in [-0.2, 0) is 11.2 Å². The van der Waals surface area contributed by atoms with Crippen molar-refractivity contribution in [3.05, 3.63) is 72.7 Å². The maximum absolute atomic E-state index is 13.1. The smallest absolute Gasteiger partial charge is 0.282 e. The molecule has 1 aromatic heterocycles. The highest BCUT2D eigenvalue weighted by Crippen LogP contribution is 2.23. The first kappa shape index (κ1) is 23.1. The molecule has 1 heterocycles. The molecule has 166 valence electrons. The number of carbonyl (C=O) groups is 1. The molecule has 10 nitrogen and oxygen atoms in total. The summed E-state index contributed by atoms with van der Waals surface area (Å²) in [4.78, 5) is 39.4. The van der Waals surface area contributed by atoms with Gasteiger partial charge in [-0.15, -0.1) is 0 Å². The van der Waals surface area contributed by atoms with Crippen LogP contribution in [0.2, 0.25) is 0 Å². The number of nitro groups is 1. The van der Waals surface area contributed by atoms with Gasteiger partial charge in [0.25, 0.3) is 17.2 Å². The molecule has 3 rings (SSSR count). The fraction of sp³-hybridized carbons (Fsp3) is 0.238. The number of nitro benzene ring substituents is 1. The number of hydrogen-bond acceptors (Lipinski definition) is 7. The molecule has 2 N–H and O–H groups in total. The fourth-order valence-corrected chi connectivity index (χ4v) is 3.32. The highest BCUT2D eigenvalue weighted by Gasteiger charge is 2.14. The number of hydrogen-bond donors (Lipinski definition) is 1. The van der Waals surface area contributed by atoms with E-state index in [9.17, 15) is 19.7 Å². The van der Waals surface area contributed by atoms with Gasteiger partial charge in [0, 0.05) is 28.6 Å². The van der Waals surface area contributed by atoms with E-state index >= 15 is 0 Å². The van der Waals surface area contributed by atoms with Gasteiger partial charge in [-0.25, -0.2) is 4.98 Å². The zero-order valence-corrected chi connectivity index (χ0v) is 18.7. The lowest BCUT2D eigenvalue weighted by atomic mass is 10.2. The molecule has 0 bridgehead atoms. The second kappa shape index (κ2) is 10.1. The van der Waals surface area contributed by atoms with Crippen molar-refractivity contribution in [3.63, 3.8) is 0 Å². The van der Waals surface area contributed by atoms with E-state index in [1.165, 1.54) is 29.1 Å². The number of non-ortho nitro benzene ring substituents is 1. The zero-order valence-electron chi connectivity index (χ0n) is 17.2. The minimum absolute atomic E-state index is 0.165. The number of carbonyl (C=O) groups excluding carboxylic acids is 1. The average Bonchev–Trinajstić information content (AvgIpc) is 2.76. The Bertz CT molecular complexity index is 1270. The Labute approximate surface area is 191 Å².